The van der Waals surface area contributed by atoms with E-state index in [1.807, 2.05) is 37.3 Å². The predicted octanol–water partition coefficient (Wildman–Crippen LogP) is 2.61. The lowest BCUT2D eigenvalue weighted by Gasteiger charge is -1.99. The summed E-state index contributed by atoms with van der Waals surface area (Å²) in [6.45, 7) is 5.90. The summed E-state index contributed by atoms with van der Waals surface area (Å²) in [5, 5.41) is 3.93. The minimum absolute atomic E-state index is 0.449. The van der Waals surface area contributed by atoms with Crippen LogP contribution < -0.4 is 0 Å². The van der Waals surface area contributed by atoms with Crippen LogP contribution in [-0.4, -0.2) is 12.3 Å². The molecule has 68 valence electrons. The van der Waals surface area contributed by atoms with Crippen molar-refractivity contribution < 1.29 is 4.84 Å². The van der Waals surface area contributed by atoms with Crippen LogP contribution in [0.4, 0.5) is 0 Å². The average Bonchev–Trinajstić information content (AvgIpc) is 2.19. The summed E-state index contributed by atoms with van der Waals surface area (Å²) in [5.41, 5.74) is 1.95. The second-order valence-corrected chi connectivity index (χ2v) is 2.63. The Labute approximate surface area is 78.5 Å². The van der Waals surface area contributed by atoms with Gasteiger partial charge in [-0.2, -0.15) is 0 Å². The van der Waals surface area contributed by atoms with E-state index in [4.69, 9.17) is 4.84 Å². The van der Waals surface area contributed by atoms with Gasteiger partial charge in [0.1, 0.15) is 6.61 Å². The van der Waals surface area contributed by atoms with Gasteiger partial charge in [-0.05, 0) is 12.5 Å². The fourth-order valence-electron chi connectivity index (χ4n) is 0.919. The van der Waals surface area contributed by atoms with Crippen molar-refractivity contribution in [2.24, 2.45) is 5.16 Å². The molecule has 0 spiro atoms. The van der Waals surface area contributed by atoms with E-state index in [9.17, 15) is 0 Å². The van der Waals surface area contributed by atoms with Gasteiger partial charge in [0.15, 0.2) is 0 Å². The molecule has 13 heavy (non-hydrogen) atoms. The lowest BCUT2D eigenvalue weighted by molar-refractivity contribution is 0.175. The zero-order chi connectivity index (χ0) is 9.52. The predicted molar refractivity (Wildman–Crippen MR) is 54.8 cm³/mol. The molecule has 0 bridgehead atoms. The van der Waals surface area contributed by atoms with Crippen molar-refractivity contribution in [3.05, 3.63) is 48.6 Å². The fourth-order valence-corrected chi connectivity index (χ4v) is 0.919. The van der Waals surface area contributed by atoms with Crippen LogP contribution in [-0.2, 0) is 4.84 Å². The molecule has 0 unspecified atom stereocenters. The van der Waals surface area contributed by atoms with Crippen molar-refractivity contribution in [3.8, 4) is 0 Å². The largest absolute Gasteiger partial charge is 0.391 e. The van der Waals surface area contributed by atoms with E-state index < -0.39 is 0 Å². The number of hydrogen-bond acceptors (Lipinski definition) is 2. The zero-order valence-corrected chi connectivity index (χ0v) is 7.73. The topological polar surface area (TPSA) is 21.6 Å². The van der Waals surface area contributed by atoms with Crippen LogP contribution >= 0.6 is 0 Å². The highest BCUT2D eigenvalue weighted by molar-refractivity contribution is 5.98. The second kappa shape index (κ2) is 5.14. The molecule has 0 aliphatic heterocycles. The molecule has 0 fully saturated rings. The molecule has 0 aliphatic carbocycles. The highest BCUT2D eigenvalue weighted by atomic mass is 16.6. The molecule has 0 amide bonds. The van der Waals surface area contributed by atoms with E-state index in [0.717, 1.165) is 11.3 Å². The summed E-state index contributed by atoms with van der Waals surface area (Å²) in [6, 6.07) is 9.91. The van der Waals surface area contributed by atoms with Gasteiger partial charge in [-0.15, -0.1) is 0 Å². The van der Waals surface area contributed by atoms with E-state index in [1.54, 1.807) is 6.08 Å². The van der Waals surface area contributed by atoms with Crippen molar-refractivity contribution in [1.82, 2.24) is 0 Å². The van der Waals surface area contributed by atoms with Crippen molar-refractivity contribution >= 4 is 5.71 Å². The SMILES string of the molecule is C=CCON=C(C)c1ccccc1. The molecular formula is C11H13NO. The first-order valence-corrected chi connectivity index (χ1v) is 4.17. The minimum atomic E-state index is 0.449. The molecule has 1 aromatic rings. The Morgan fingerprint density at radius 1 is 1.46 bits per heavy atom. The maximum atomic E-state index is 4.97. The van der Waals surface area contributed by atoms with Crippen LogP contribution in [0.5, 0.6) is 0 Å². The molecule has 2 nitrogen and oxygen atoms in total. The Morgan fingerprint density at radius 3 is 2.77 bits per heavy atom. The molecule has 0 heterocycles. The van der Waals surface area contributed by atoms with Gasteiger partial charge in [-0.25, -0.2) is 0 Å². The average molecular weight is 175 g/mol. The fraction of sp³-hybridized carbons (Fsp3) is 0.182. The zero-order valence-electron chi connectivity index (χ0n) is 7.73. The van der Waals surface area contributed by atoms with E-state index in [-0.39, 0.29) is 0 Å². The standard InChI is InChI=1S/C11H13NO/c1-3-9-13-12-10(2)11-7-5-4-6-8-11/h3-8H,1,9H2,2H3. The lowest BCUT2D eigenvalue weighted by Crippen LogP contribution is -1.95. The van der Waals surface area contributed by atoms with Crippen LogP contribution in [0.2, 0.25) is 0 Å². The Balaban J connectivity index is 2.62. The van der Waals surface area contributed by atoms with Gasteiger partial charge in [-0.3, -0.25) is 0 Å². The summed E-state index contributed by atoms with van der Waals surface area (Å²) >= 11 is 0. The Hall–Kier alpha value is -1.57. The monoisotopic (exact) mass is 175 g/mol. The molecule has 0 aliphatic rings. The van der Waals surface area contributed by atoms with E-state index >= 15 is 0 Å². The van der Waals surface area contributed by atoms with Gasteiger partial charge < -0.3 is 4.84 Å². The molecule has 0 aromatic heterocycles. The quantitative estimate of drug-likeness (QED) is 0.298. The normalized spacial score (nSPS) is 11.0. The Kier molecular flexibility index (Phi) is 3.76. The van der Waals surface area contributed by atoms with Crippen LogP contribution in [0.3, 0.4) is 0 Å². The van der Waals surface area contributed by atoms with E-state index in [2.05, 4.69) is 11.7 Å². The molecule has 0 N–H and O–H groups in total. The van der Waals surface area contributed by atoms with Gasteiger partial charge in [0, 0.05) is 0 Å². The third-order valence-electron chi connectivity index (χ3n) is 1.59. The van der Waals surface area contributed by atoms with Crippen molar-refractivity contribution in [2.45, 2.75) is 6.92 Å². The van der Waals surface area contributed by atoms with Gasteiger partial charge in [0.05, 0.1) is 5.71 Å². The first-order chi connectivity index (χ1) is 6.34. The molecule has 0 radical (unpaired) electrons. The van der Waals surface area contributed by atoms with Gasteiger partial charge in [0.2, 0.25) is 0 Å². The number of benzene rings is 1. The van der Waals surface area contributed by atoms with Crippen molar-refractivity contribution in [2.75, 3.05) is 6.61 Å². The summed E-state index contributed by atoms with van der Waals surface area (Å²) in [5.74, 6) is 0. The van der Waals surface area contributed by atoms with Crippen LogP contribution in [0, 0.1) is 0 Å². The van der Waals surface area contributed by atoms with Gasteiger partial charge >= 0.3 is 0 Å². The molecule has 1 aromatic carbocycles. The maximum Gasteiger partial charge on any atom is 0.135 e. The molecule has 0 saturated carbocycles. The lowest BCUT2D eigenvalue weighted by atomic mass is 10.1. The first-order valence-electron chi connectivity index (χ1n) is 4.17. The summed E-state index contributed by atoms with van der Waals surface area (Å²) < 4.78 is 0. The smallest absolute Gasteiger partial charge is 0.135 e. The minimum Gasteiger partial charge on any atom is -0.391 e. The molecule has 0 atom stereocenters. The molecule has 0 saturated heterocycles. The molecule has 2 heteroatoms. The summed E-state index contributed by atoms with van der Waals surface area (Å²) in [6.07, 6.45) is 1.67. The summed E-state index contributed by atoms with van der Waals surface area (Å²) in [4.78, 5) is 4.97. The van der Waals surface area contributed by atoms with E-state index in [1.165, 1.54) is 0 Å². The number of rotatable bonds is 4. The van der Waals surface area contributed by atoms with Gasteiger partial charge in [-0.1, -0.05) is 48.1 Å². The van der Waals surface area contributed by atoms with Crippen LogP contribution in [0.25, 0.3) is 0 Å². The maximum absolute atomic E-state index is 4.97. The third-order valence-corrected chi connectivity index (χ3v) is 1.59. The van der Waals surface area contributed by atoms with Crippen molar-refractivity contribution in [1.29, 1.82) is 0 Å². The molecular weight excluding hydrogens is 162 g/mol. The number of hydrogen-bond donors (Lipinski definition) is 0. The highest BCUT2D eigenvalue weighted by Gasteiger charge is 1.94. The highest BCUT2D eigenvalue weighted by Crippen LogP contribution is 2.00. The Morgan fingerprint density at radius 2 is 2.15 bits per heavy atom. The second-order valence-electron chi connectivity index (χ2n) is 2.63. The summed E-state index contributed by atoms with van der Waals surface area (Å²) in [7, 11) is 0. The van der Waals surface area contributed by atoms with Crippen LogP contribution in [0.15, 0.2) is 48.1 Å². The van der Waals surface area contributed by atoms with Gasteiger partial charge in [0.25, 0.3) is 0 Å². The first kappa shape index (κ1) is 9.52. The number of nitrogens with zero attached hydrogens (tertiary/aromatic N) is 1. The number of oxime groups is 1. The Bertz CT molecular complexity index is 290. The molecule has 1 rings (SSSR count). The van der Waals surface area contributed by atoms with Crippen LogP contribution in [0.1, 0.15) is 12.5 Å². The third kappa shape index (κ3) is 3.11. The van der Waals surface area contributed by atoms with E-state index in [0.29, 0.717) is 6.61 Å². The van der Waals surface area contributed by atoms with Crippen molar-refractivity contribution in [3.63, 3.8) is 0 Å².